The number of ether oxygens (including phenoxy) is 1. The van der Waals surface area contributed by atoms with Gasteiger partial charge in [-0.2, -0.15) is 0 Å². The molecule has 1 aliphatic rings. The highest BCUT2D eigenvalue weighted by molar-refractivity contribution is 5.72. The van der Waals surface area contributed by atoms with Crippen molar-refractivity contribution in [2.45, 2.75) is 45.1 Å². The summed E-state index contributed by atoms with van der Waals surface area (Å²) in [7, 11) is 0. The molecule has 0 amide bonds. The average Bonchev–Trinajstić information content (AvgIpc) is 2.52. The van der Waals surface area contributed by atoms with Crippen molar-refractivity contribution >= 4 is 5.97 Å². The summed E-state index contributed by atoms with van der Waals surface area (Å²) < 4.78 is 5.12. The zero-order valence-electron chi connectivity index (χ0n) is 8.29. The SMILES string of the molecule is CCCCOC(=O)[C@H]1CC[C@@H](N)C1. The lowest BCUT2D eigenvalue weighted by Crippen LogP contribution is -2.19. The number of rotatable bonds is 4. The molecule has 0 spiro atoms. The molecule has 0 saturated heterocycles. The van der Waals surface area contributed by atoms with Crippen molar-refractivity contribution in [2.24, 2.45) is 11.7 Å². The van der Waals surface area contributed by atoms with Crippen LogP contribution in [0.25, 0.3) is 0 Å². The molecular weight excluding hydrogens is 166 g/mol. The maximum atomic E-state index is 11.4. The van der Waals surface area contributed by atoms with E-state index in [1.54, 1.807) is 0 Å². The van der Waals surface area contributed by atoms with E-state index in [9.17, 15) is 4.79 Å². The van der Waals surface area contributed by atoms with Crippen molar-refractivity contribution in [3.05, 3.63) is 0 Å². The fourth-order valence-electron chi connectivity index (χ4n) is 1.67. The van der Waals surface area contributed by atoms with E-state index in [2.05, 4.69) is 6.92 Å². The quantitative estimate of drug-likeness (QED) is 0.533. The highest BCUT2D eigenvalue weighted by Crippen LogP contribution is 2.25. The maximum Gasteiger partial charge on any atom is 0.308 e. The first kappa shape index (κ1) is 10.5. The number of unbranched alkanes of at least 4 members (excludes halogenated alkanes) is 1. The van der Waals surface area contributed by atoms with Crippen LogP contribution in [-0.2, 0) is 9.53 Å². The van der Waals surface area contributed by atoms with Gasteiger partial charge in [0.15, 0.2) is 0 Å². The minimum Gasteiger partial charge on any atom is -0.465 e. The Morgan fingerprint density at radius 3 is 2.85 bits per heavy atom. The molecule has 0 aromatic heterocycles. The van der Waals surface area contributed by atoms with Crippen molar-refractivity contribution in [3.8, 4) is 0 Å². The number of carbonyl (C=O) groups excluding carboxylic acids is 1. The first-order valence-electron chi connectivity index (χ1n) is 5.16. The Bertz CT molecular complexity index is 170. The third kappa shape index (κ3) is 3.35. The molecule has 2 N–H and O–H groups in total. The van der Waals surface area contributed by atoms with Gasteiger partial charge >= 0.3 is 5.97 Å². The summed E-state index contributed by atoms with van der Waals surface area (Å²) in [4.78, 5) is 11.4. The fourth-order valence-corrected chi connectivity index (χ4v) is 1.67. The Hall–Kier alpha value is -0.570. The molecule has 3 nitrogen and oxygen atoms in total. The zero-order valence-corrected chi connectivity index (χ0v) is 8.29. The van der Waals surface area contributed by atoms with E-state index in [1.165, 1.54) is 0 Å². The van der Waals surface area contributed by atoms with Gasteiger partial charge in [-0.1, -0.05) is 13.3 Å². The summed E-state index contributed by atoms with van der Waals surface area (Å²) in [6, 6.07) is 0.212. The molecule has 0 aliphatic heterocycles. The van der Waals surface area contributed by atoms with Gasteiger partial charge in [0, 0.05) is 6.04 Å². The van der Waals surface area contributed by atoms with Crippen molar-refractivity contribution in [3.63, 3.8) is 0 Å². The van der Waals surface area contributed by atoms with E-state index < -0.39 is 0 Å². The fraction of sp³-hybridized carbons (Fsp3) is 0.900. The van der Waals surface area contributed by atoms with Gasteiger partial charge in [0.25, 0.3) is 0 Å². The Kier molecular flexibility index (Phi) is 4.22. The average molecular weight is 185 g/mol. The van der Waals surface area contributed by atoms with Crippen LogP contribution in [0.3, 0.4) is 0 Å². The van der Waals surface area contributed by atoms with Crippen LogP contribution < -0.4 is 5.73 Å². The van der Waals surface area contributed by atoms with Crippen LogP contribution in [0.5, 0.6) is 0 Å². The van der Waals surface area contributed by atoms with Crippen LogP contribution in [-0.4, -0.2) is 18.6 Å². The van der Waals surface area contributed by atoms with Gasteiger partial charge in [-0.3, -0.25) is 4.79 Å². The predicted molar refractivity (Wildman–Crippen MR) is 51.2 cm³/mol. The van der Waals surface area contributed by atoms with Crippen LogP contribution in [0.1, 0.15) is 39.0 Å². The minimum atomic E-state index is -0.0404. The van der Waals surface area contributed by atoms with Crippen molar-refractivity contribution < 1.29 is 9.53 Å². The number of hydrogen-bond acceptors (Lipinski definition) is 3. The second kappa shape index (κ2) is 5.22. The minimum absolute atomic E-state index is 0.0404. The molecule has 0 bridgehead atoms. The lowest BCUT2D eigenvalue weighted by molar-refractivity contribution is -0.148. The van der Waals surface area contributed by atoms with Crippen molar-refractivity contribution in [1.29, 1.82) is 0 Å². The normalized spacial score (nSPS) is 27.5. The molecule has 0 radical (unpaired) electrons. The first-order valence-corrected chi connectivity index (χ1v) is 5.16. The summed E-state index contributed by atoms with van der Waals surface area (Å²) >= 11 is 0. The van der Waals surface area contributed by atoms with Crippen LogP contribution in [0.15, 0.2) is 0 Å². The molecular formula is C10H19NO2. The predicted octanol–water partition coefficient (Wildman–Crippen LogP) is 1.46. The number of carbonyl (C=O) groups is 1. The van der Waals surface area contributed by atoms with Gasteiger partial charge in [-0.05, 0) is 25.7 Å². The Morgan fingerprint density at radius 1 is 1.54 bits per heavy atom. The van der Waals surface area contributed by atoms with E-state index in [1.807, 2.05) is 0 Å². The van der Waals surface area contributed by atoms with Gasteiger partial charge in [0.1, 0.15) is 0 Å². The molecule has 76 valence electrons. The molecule has 0 aromatic carbocycles. The third-order valence-electron chi connectivity index (χ3n) is 2.55. The number of hydrogen-bond donors (Lipinski definition) is 1. The molecule has 1 rings (SSSR count). The Labute approximate surface area is 79.6 Å². The van der Waals surface area contributed by atoms with Crippen LogP contribution in [0, 0.1) is 5.92 Å². The second-order valence-corrected chi connectivity index (χ2v) is 3.79. The molecule has 1 fully saturated rings. The largest absolute Gasteiger partial charge is 0.465 e. The lowest BCUT2D eigenvalue weighted by Gasteiger charge is -2.09. The smallest absolute Gasteiger partial charge is 0.308 e. The standard InChI is InChI=1S/C10H19NO2/c1-2-3-6-13-10(12)8-4-5-9(11)7-8/h8-9H,2-7,11H2,1H3/t8-,9+/m0/s1. The van der Waals surface area contributed by atoms with Gasteiger partial charge in [-0.25, -0.2) is 0 Å². The topological polar surface area (TPSA) is 52.3 Å². The van der Waals surface area contributed by atoms with Crippen LogP contribution >= 0.6 is 0 Å². The van der Waals surface area contributed by atoms with E-state index >= 15 is 0 Å². The zero-order chi connectivity index (χ0) is 9.68. The molecule has 0 aromatic rings. The number of esters is 1. The van der Waals surface area contributed by atoms with E-state index in [4.69, 9.17) is 10.5 Å². The van der Waals surface area contributed by atoms with Gasteiger partial charge < -0.3 is 10.5 Å². The van der Waals surface area contributed by atoms with Crippen molar-refractivity contribution in [2.75, 3.05) is 6.61 Å². The lowest BCUT2D eigenvalue weighted by atomic mass is 10.1. The summed E-state index contributed by atoms with van der Waals surface area (Å²) in [5, 5.41) is 0. The van der Waals surface area contributed by atoms with E-state index in [0.717, 1.165) is 32.1 Å². The molecule has 2 atom stereocenters. The molecule has 1 aliphatic carbocycles. The van der Waals surface area contributed by atoms with E-state index in [0.29, 0.717) is 6.61 Å². The van der Waals surface area contributed by atoms with Gasteiger partial charge in [0.05, 0.1) is 12.5 Å². The van der Waals surface area contributed by atoms with Gasteiger partial charge in [-0.15, -0.1) is 0 Å². The Balaban J connectivity index is 2.16. The third-order valence-corrected chi connectivity index (χ3v) is 2.55. The number of nitrogens with two attached hydrogens (primary N) is 1. The summed E-state index contributed by atoms with van der Waals surface area (Å²) in [5.74, 6) is 0.0354. The molecule has 1 saturated carbocycles. The highest BCUT2D eigenvalue weighted by atomic mass is 16.5. The molecule has 0 unspecified atom stereocenters. The Morgan fingerprint density at radius 2 is 2.31 bits per heavy atom. The summed E-state index contributed by atoms with van der Waals surface area (Å²) in [6.07, 6.45) is 4.71. The second-order valence-electron chi connectivity index (χ2n) is 3.79. The summed E-state index contributed by atoms with van der Waals surface area (Å²) in [6.45, 7) is 2.65. The first-order chi connectivity index (χ1) is 6.24. The molecule has 13 heavy (non-hydrogen) atoms. The van der Waals surface area contributed by atoms with Gasteiger partial charge in [0.2, 0.25) is 0 Å². The van der Waals surface area contributed by atoms with Crippen LogP contribution in [0.2, 0.25) is 0 Å². The van der Waals surface area contributed by atoms with Crippen molar-refractivity contribution in [1.82, 2.24) is 0 Å². The molecule has 3 heteroatoms. The maximum absolute atomic E-state index is 11.4. The van der Waals surface area contributed by atoms with E-state index in [-0.39, 0.29) is 17.9 Å². The highest BCUT2D eigenvalue weighted by Gasteiger charge is 2.28. The molecule has 0 heterocycles. The van der Waals surface area contributed by atoms with Crippen LogP contribution in [0.4, 0.5) is 0 Å². The summed E-state index contributed by atoms with van der Waals surface area (Å²) in [5.41, 5.74) is 5.71. The monoisotopic (exact) mass is 185 g/mol.